The molecule has 0 saturated carbocycles. The first-order chi connectivity index (χ1) is 9.77. The monoisotopic (exact) mass is 299 g/mol. The van der Waals surface area contributed by atoms with E-state index in [2.05, 4.69) is 4.98 Å². The first-order valence-electron chi connectivity index (χ1n) is 6.23. The Labute approximate surface area is 119 Å². The number of aliphatic hydroxyl groups excluding tert-OH is 1. The zero-order chi connectivity index (χ0) is 15.6. The molecular weight excluding hydrogens is 286 g/mol. The van der Waals surface area contributed by atoms with Gasteiger partial charge in [0.25, 0.3) is 0 Å². The van der Waals surface area contributed by atoms with Crippen LogP contribution >= 0.6 is 0 Å². The van der Waals surface area contributed by atoms with Crippen LogP contribution in [0.3, 0.4) is 0 Å². The smallest absolute Gasteiger partial charge is 0.386 e. The van der Waals surface area contributed by atoms with Crippen molar-refractivity contribution in [1.82, 2.24) is 4.98 Å². The predicted octanol–water partition coefficient (Wildman–Crippen LogP) is 3.82. The Hall–Kier alpha value is -1.95. The number of rotatable bonds is 3. The summed E-state index contributed by atoms with van der Waals surface area (Å²) < 4.78 is 50.4. The van der Waals surface area contributed by atoms with Crippen LogP contribution in [-0.4, -0.2) is 10.1 Å². The molecule has 6 heteroatoms. The summed E-state index contributed by atoms with van der Waals surface area (Å²) in [6, 6.07) is 6.17. The molecule has 0 spiro atoms. The number of alkyl halides is 3. The van der Waals surface area contributed by atoms with Crippen molar-refractivity contribution in [3.05, 3.63) is 64.7 Å². The van der Waals surface area contributed by atoms with Crippen LogP contribution in [-0.2, 0) is 12.6 Å². The summed E-state index contributed by atoms with van der Waals surface area (Å²) in [4.78, 5) is 3.63. The van der Waals surface area contributed by atoms with E-state index in [1.54, 1.807) is 13.0 Å². The molecular formula is C15H13F4NO. The molecule has 0 saturated heterocycles. The number of pyridine rings is 1. The molecule has 1 aromatic carbocycles. The highest BCUT2D eigenvalue weighted by molar-refractivity contribution is 5.28. The van der Waals surface area contributed by atoms with E-state index in [4.69, 9.17) is 0 Å². The van der Waals surface area contributed by atoms with E-state index in [1.807, 2.05) is 0 Å². The van der Waals surface area contributed by atoms with Gasteiger partial charge in [-0.2, -0.15) is 13.2 Å². The number of aliphatic hydroxyl groups is 1. The van der Waals surface area contributed by atoms with E-state index in [9.17, 15) is 22.7 Å². The summed E-state index contributed by atoms with van der Waals surface area (Å²) in [6.45, 7) is 1.77. The normalized spacial score (nSPS) is 13.2. The third kappa shape index (κ3) is 3.78. The molecule has 1 N–H and O–H groups in total. The highest BCUT2D eigenvalue weighted by Gasteiger charge is 2.30. The fraction of sp³-hybridized carbons (Fsp3) is 0.267. The van der Waals surface area contributed by atoms with Crippen LogP contribution in [0, 0.1) is 12.7 Å². The van der Waals surface area contributed by atoms with Gasteiger partial charge < -0.3 is 5.11 Å². The minimum atomic E-state index is -4.46. The van der Waals surface area contributed by atoms with Gasteiger partial charge in [0.05, 0.1) is 17.4 Å². The van der Waals surface area contributed by atoms with Gasteiger partial charge in [0.2, 0.25) is 0 Å². The van der Waals surface area contributed by atoms with E-state index in [1.165, 1.54) is 12.1 Å². The Morgan fingerprint density at radius 3 is 2.48 bits per heavy atom. The maximum absolute atomic E-state index is 13.2. The second kappa shape index (κ2) is 5.81. The Morgan fingerprint density at radius 1 is 1.19 bits per heavy atom. The lowest BCUT2D eigenvalue weighted by Gasteiger charge is -2.13. The summed E-state index contributed by atoms with van der Waals surface area (Å²) in [6.07, 6.45) is -4.79. The van der Waals surface area contributed by atoms with Gasteiger partial charge in [-0.15, -0.1) is 0 Å². The Morgan fingerprint density at radius 2 is 1.90 bits per heavy atom. The molecule has 0 aliphatic heterocycles. The third-order valence-corrected chi connectivity index (χ3v) is 3.18. The minimum Gasteiger partial charge on any atom is -0.386 e. The highest BCUT2D eigenvalue weighted by atomic mass is 19.4. The third-order valence-electron chi connectivity index (χ3n) is 3.18. The molecule has 0 bridgehead atoms. The van der Waals surface area contributed by atoms with Crippen molar-refractivity contribution in [2.24, 2.45) is 0 Å². The largest absolute Gasteiger partial charge is 0.417 e. The van der Waals surface area contributed by atoms with Crippen LogP contribution in [0.25, 0.3) is 0 Å². The van der Waals surface area contributed by atoms with E-state index < -0.39 is 23.7 Å². The number of benzene rings is 1. The molecule has 0 radical (unpaired) electrons. The Kier molecular flexibility index (Phi) is 4.27. The maximum Gasteiger partial charge on any atom is 0.417 e. The van der Waals surface area contributed by atoms with Gasteiger partial charge in [-0.1, -0.05) is 6.07 Å². The first kappa shape index (κ1) is 15.4. The molecule has 2 rings (SSSR count). The van der Waals surface area contributed by atoms with Crippen LogP contribution < -0.4 is 0 Å². The van der Waals surface area contributed by atoms with Gasteiger partial charge >= 0.3 is 6.18 Å². The van der Waals surface area contributed by atoms with Gasteiger partial charge in [0, 0.05) is 12.6 Å². The second-order valence-corrected chi connectivity index (χ2v) is 4.76. The number of hydrogen-bond acceptors (Lipinski definition) is 2. The standard InChI is InChI=1S/C15H13F4NO/c1-9-2-4-12(16)6-10(9)7-14(21)13-5-3-11(8-20-13)15(17,18)19/h2-6,8,14,21H,7H2,1H3. The zero-order valence-corrected chi connectivity index (χ0v) is 11.2. The lowest BCUT2D eigenvalue weighted by Crippen LogP contribution is -2.09. The molecule has 112 valence electrons. The Bertz CT molecular complexity index is 623. The van der Waals surface area contributed by atoms with Gasteiger partial charge in [-0.25, -0.2) is 4.39 Å². The molecule has 0 fully saturated rings. The van der Waals surface area contributed by atoms with E-state index in [-0.39, 0.29) is 12.1 Å². The number of nitrogens with zero attached hydrogens (tertiary/aromatic N) is 1. The Balaban J connectivity index is 2.17. The summed E-state index contributed by atoms with van der Waals surface area (Å²) in [7, 11) is 0. The number of halogens is 4. The molecule has 0 amide bonds. The topological polar surface area (TPSA) is 33.1 Å². The van der Waals surface area contributed by atoms with Crippen LogP contribution in [0.4, 0.5) is 17.6 Å². The van der Waals surface area contributed by atoms with E-state index >= 15 is 0 Å². The molecule has 21 heavy (non-hydrogen) atoms. The molecule has 1 unspecified atom stereocenters. The number of aromatic nitrogens is 1. The maximum atomic E-state index is 13.2. The molecule has 0 aliphatic carbocycles. The van der Waals surface area contributed by atoms with Crippen LogP contribution in [0.15, 0.2) is 36.5 Å². The van der Waals surface area contributed by atoms with Crippen molar-refractivity contribution in [3.8, 4) is 0 Å². The summed E-state index contributed by atoms with van der Waals surface area (Å²) >= 11 is 0. The van der Waals surface area contributed by atoms with Gasteiger partial charge in [0.15, 0.2) is 0 Å². The molecule has 0 aliphatic rings. The first-order valence-corrected chi connectivity index (χ1v) is 6.23. The van der Waals surface area contributed by atoms with E-state index in [0.29, 0.717) is 11.8 Å². The molecule has 1 aromatic heterocycles. The van der Waals surface area contributed by atoms with Gasteiger partial charge in [-0.05, 0) is 42.3 Å². The minimum absolute atomic E-state index is 0.0853. The average Bonchev–Trinajstić information content (AvgIpc) is 2.42. The van der Waals surface area contributed by atoms with Crippen molar-refractivity contribution < 1.29 is 22.7 Å². The summed E-state index contributed by atoms with van der Waals surface area (Å²) in [5.74, 6) is -0.428. The molecule has 1 heterocycles. The number of aryl methyl sites for hydroxylation is 1. The van der Waals surface area contributed by atoms with Gasteiger partial charge in [0.1, 0.15) is 5.82 Å². The zero-order valence-electron chi connectivity index (χ0n) is 11.2. The summed E-state index contributed by atoms with van der Waals surface area (Å²) in [5, 5.41) is 10.0. The second-order valence-electron chi connectivity index (χ2n) is 4.76. The van der Waals surface area contributed by atoms with Crippen molar-refractivity contribution in [2.75, 3.05) is 0 Å². The molecule has 2 aromatic rings. The van der Waals surface area contributed by atoms with Gasteiger partial charge in [-0.3, -0.25) is 4.98 Å². The van der Waals surface area contributed by atoms with Crippen LogP contribution in [0.5, 0.6) is 0 Å². The van der Waals surface area contributed by atoms with Crippen LogP contribution in [0.2, 0.25) is 0 Å². The predicted molar refractivity (Wildman–Crippen MR) is 69.0 cm³/mol. The van der Waals surface area contributed by atoms with Crippen molar-refractivity contribution in [3.63, 3.8) is 0 Å². The molecule has 1 atom stereocenters. The van der Waals surface area contributed by atoms with Crippen molar-refractivity contribution in [2.45, 2.75) is 25.6 Å². The summed E-state index contributed by atoms with van der Waals surface area (Å²) in [5.41, 5.74) is 0.624. The number of hydrogen-bond donors (Lipinski definition) is 1. The SMILES string of the molecule is Cc1ccc(F)cc1CC(O)c1ccc(C(F)(F)F)cn1. The van der Waals surface area contributed by atoms with Crippen molar-refractivity contribution >= 4 is 0 Å². The fourth-order valence-corrected chi connectivity index (χ4v) is 1.94. The highest BCUT2D eigenvalue weighted by Crippen LogP contribution is 2.29. The van der Waals surface area contributed by atoms with E-state index in [0.717, 1.165) is 17.7 Å². The van der Waals surface area contributed by atoms with Crippen LogP contribution in [0.1, 0.15) is 28.5 Å². The average molecular weight is 299 g/mol. The van der Waals surface area contributed by atoms with Crippen molar-refractivity contribution in [1.29, 1.82) is 0 Å². The quantitative estimate of drug-likeness (QED) is 0.874. The molecule has 2 nitrogen and oxygen atoms in total. The lowest BCUT2D eigenvalue weighted by atomic mass is 10.0. The fourth-order valence-electron chi connectivity index (χ4n) is 1.94. The lowest BCUT2D eigenvalue weighted by molar-refractivity contribution is -0.137.